The fourth-order valence-corrected chi connectivity index (χ4v) is 1.77. The molecular formula is C7H11BrN4S. The monoisotopic (exact) mass is 262 g/mol. The van der Waals surface area contributed by atoms with Crippen LogP contribution in [0.3, 0.4) is 0 Å². The maximum absolute atomic E-state index is 6.94. The molecule has 0 radical (unpaired) electrons. The van der Waals surface area contributed by atoms with Gasteiger partial charge in [-0.1, -0.05) is 25.2 Å². The molecule has 1 rings (SSSR count). The van der Waals surface area contributed by atoms with Gasteiger partial charge in [0.15, 0.2) is 0 Å². The van der Waals surface area contributed by atoms with Crippen molar-refractivity contribution in [2.45, 2.75) is 13.8 Å². The van der Waals surface area contributed by atoms with Gasteiger partial charge in [-0.05, 0) is 15.9 Å². The number of hydrogen-bond acceptors (Lipinski definition) is 4. The number of thiazole rings is 1. The predicted octanol–water partition coefficient (Wildman–Crippen LogP) is 2.55. The first kappa shape index (κ1) is 12.2. The van der Waals surface area contributed by atoms with Crippen molar-refractivity contribution in [3.63, 3.8) is 0 Å². The van der Waals surface area contributed by atoms with Gasteiger partial charge in [0.25, 0.3) is 0 Å². The standard InChI is InChI=1S/C5H5BrN4S.C2H6/c6-4-3(1-7)10-5(11-4)9-2-8;1-2/h1-2,7H,(H2,8,9,10);1-2H3. The first-order chi connectivity index (χ1) is 6.27. The Hall–Kier alpha value is -0.750. The first-order valence-electron chi connectivity index (χ1n) is 3.69. The van der Waals surface area contributed by atoms with Crippen LogP contribution in [0.5, 0.6) is 0 Å². The summed E-state index contributed by atoms with van der Waals surface area (Å²) >= 11 is 4.58. The van der Waals surface area contributed by atoms with E-state index in [0.29, 0.717) is 10.8 Å². The molecule has 0 amide bonds. The van der Waals surface area contributed by atoms with Crippen molar-refractivity contribution < 1.29 is 0 Å². The number of rotatable bonds is 2. The molecule has 0 aliphatic rings. The number of hydrogen-bond donors (Lipinski definition) is 2. The molecule has 13 heavy (non-hydrogen) atoms. The molecule has 0 spiro atoms. The van der Waals surface area contributed by atoms with Crippen molar-refractivity contribution >= 4 is 45.0 Å². The van der Waals surface area contributed by atoms with Gasteiger partial charge in [-0.25, -0.2) is 9.98 Å². The Bertz CT molecular complexity index is 295. The van der Waals surface area contributed by atoms with Crippen molar-refractivity contribution in [1.82, 2.24) is 4.98 Å². The third kappa shape index (κ3) is 3.65. The maximum Gasteiger partial charge on any atom is 0.212 e. The van der Waals surface area contributed by atoms with Crippen LogP contribution in [0.25, 0.3) is 0 Å². The minimum Gasteiger partial charge on any atom is -0.390 e. The highest BCUT2D eigenvalue weighted by atomic mass is 79.9. The van der Waals surface area contributed by atoms with Crippen molar-refractivity contribution in [3.8, 4) is 0 Å². The van der Waals surface area contributed by atoms with Gasteiger partial charge >= 0.3 is 0 Å². The third-order valence-electron chi connectivity index (χ3n) is 0.920. The van der Waals surface area contributed by atoms with Gasteiger partial charge in [0.1, 0.15) is 9.48 Å². The lowest BCUT2D eigenvalue weighted by atomic mass is 10.6. The molecule has 0 aliphatic carbocycles. The number of nitrogens with two attached hydrogens (primary N) is 1. The third-order valence-corrected chi connectivity index (χ3v) is 2.58. The molecule has 0 aliphatic heterocycles. The molecule has 0 bridgehead atoms. The van der Waals surface area contributed by atoms with Crippen LogP contribution in [-0.4, -0.2) is 17.5 Å². The van der Waals surface area contributed by atoms with E-state index in [9.17, 15) is 0 Å². The minimum absolute atomic E-state index is 0.554. The molecule has 72 valence electrons. The van der Waals surface area contributed by atoms with E-state index < -0.39 is 0 Å². The Morgan fingerprint density at radius 2 is 2.23 bits per heavy atom. The normalized spacial score (nSPS) is 9.46. The van der Waals surface area contributed by atoms with Crippen LogP contribution in [0.1, 0.15) is 19.5 Å². The molecule has 3 N–H and O–H groups in total. The van der Waals surface area contributed by atoms with E-state index in [-0.39, 0.29) is 0 Å². The lowest BCUT2D eigenvalue weighted by molar-refractivity contribution is 1.32. The van der Waals surface area contributed by atoms with Crippen LogP contribution in [0.4, 0.5) is 5.13 Å². The lowest BCUT2D eigenvalue weighted by Gasteiger charge is -1.78. The molecule has 0 saturated carbocycles. The zero-order valence-electron chi connectivity index (χ0n) is 7.41. The highest BCUT2D eigenvalue weighted by Gasteiger charge is 2.03. The molecule has 0 atom stereocenters. The molecule has 1 aromatic heterocycles. The van der Waals surface area contributed by atoms with Gasteiger partial charge in [0, 0.05) is 6.21 Å². The Labute approximate surface area is 89.5 Å². The number of nitrogens with zero attached hydrogens (tertiary/aromatic N) is 2. The molecule has 0 fully saturated rings. The zero-order valence-corrected chi connectivity index (χ0v) is 9.82. The average molecular weight is 263 g/mol. The molecule has 0 saturated heterocycles. The fourth-order valence-electron chi connectivity index (χ4n) is 0.510. The average Bonchev–Trinajstić information content (AvgIpc) is 2.50. The van der Waals surface area contributed by atoms with Gasteiger partial charge in [-0.3, -0.25) is 0 Å². The summed E-state index contributed by atoms with van der Waals surface area (Å²) in [6.07, 6.45) is 2.34. The molecule has 6 heteroatoms. The molecular weight excluding hydrogens is 252 g/mol. The summed E-state index contributed by atoms with van der Waals surface area (Å²) in [5.74, 6) is 0. The van der Waals surface area contributed by atoms with Gasteiger partial charge < -0.3 is 11.1 Å². The van der Waals surface area contributed by atoms with Crippen LogP contribution in [0.15, 0.2) is 8.78 Å². The Morgan fingerprint density at radius 1 is 1.62 bits per heavy atom. The van der Waals surface area contributed by atoms with Gasteiger partial charge in [-0.2, -0.15) is 0 Å². The number of aliphatic imine (C=N–C) groups is 1. The second kappa shape index (κ2) is 6.73. The summed E-state index contributed by atoms with van der Waals surface area (Å²) in [5.41, 5.74) is 5.64. The number of halogens is 1. The lowest BCUT2D eigenvalue weighted by Crippen LogP contribution is -1.86. The molecule has 0 unspecified atom stereocenters. The molecule has 4 nitrogen and oxygen atoms in total. The van der Waals surface area contributed by atoms with Crippen LogP contribution in [-0.2, 0) is 0 Å². The Kier molecular flexibility index (Phi) is 6.34. The van der Waals surface area contributed by atoms with E-state index in [0.717, 1.165) is 10.0 Å². The fraction of sp³-hybridized carbons (Fsp3) is 0.286. The van der Waals surface area contributed by atoms with E-state index >= 15 is 0 Å². The van der Waals surface area contributed by atoms with Gasteiger partial charge in [0.2, 0.25) is 5.13 Å². The van der Waals surface area contributed by atoms with Gasteiger partial charge in [-0.15, -0.1) is 0 Å². The molecule has 0 aromatic carbocycles. The second-order valence-corrected chi connectivity index (χ2v) is 3.87. The van der Waals surface area contributed by atoms with Crippen LogP contribution in [0.2, 0.25) is 0 Å². The summed E-state index contributed by atoms with van der Waals surface area (Å²) in [6.45, 7) is 4.00. The van der Waals surface area contributed by atoms with Crippen molar-refractivity contribution in [1.29, 1.82) is 5.41 Å². The summed E-state index contributed by atoms with van der Waals surface area (Å²) in [6, 6.07) is 0. The van der Waals surface area contributed by atoms with Crippen molar-refractivity contribution in [2.75, 3.05) is 0 Å². The number of nitrogens with one attached hydrogen (secondary N) is 1. The van der Waals surface area contributed by atoms with Crippen LogP contribution < -0.4 is 5.73 Å². The van der Waals surface area contributed by atoms with E-state index in [4.69, 9.17) is 11.1 Å². The smallest absolute Gasteiger partial charge is 0.212 e. The second-order valence-electron chi connectivity index (χ2n) is 1.58. The van der Waals surface area contributed by atoms with E-state index in [1.165, 1.54) is 17.7 Å². The van der Waals surface area contributed by atoms with E-state index in [1.807, 2.05) is 13.8 Å². The number of aromatic nitrogens is 1. The van der Waals surface area contributed by atoms with Gasteiger partial charge in [0.05, 0.1) is 6.34 Å². The zero-order chi connectivity index (χ0) is 10.3. The van der Waals surface area contributed by atoms with E-state index in [2.05, 4.69) is 25.9 Å². The molecule has 1 heterocycles. The highest BCUT2D eigenvalue weighted by molar-refractivity contribution is 9.11. The summed E-state index contributed by atoms with van der Waals surface area (Å²) in [4.78, 5) is 7.73. The Balaban J connectivity index is 0.000000671. The van der Waals surface area contributed by atoms with Crippen molar-refractivity contribution in [2.24, 2.45) is 10.7 Å². The van der Waals surface area contributed by atoms with E-state index in [1.54, 1.807) is 0 Å². The van der Waals surface area contributed by atoms with Crippen molar-refractivity contribution in [3.05, 3.63) is 9.48 Å². The topological polar surface area (TPSA) is 75.1 Å². The quantitative estimate of drug-likeness (QED) is 0.635. The maximum atomic E-state index is 6.94. The van der Waals surface area contributed by atoms with Crippen LogP contribution >= 0.6 is 27.3 Å². The van der Waals surface area contributed by atoms with Crippen LogP contribution in [0, 0.1) is 5.41 Å². The minimum atomic E-state index is 0.554. The summed E-state index contributed by atoms with van der Waals surface area (Å²) < 4.78 is 0.799. The SMILES string of the molecule is CC.N=Cc1nc(N=CN)sc1Br. The summed E-state index contributed by atoms with van der Waals surface area (Å²) in [7, 11) is 0. The highest BCUT2D eigenvalue weighted by Crippen LogP contribution is 2.28. The predicted molar refractivity (Wildman–Crippen MR) is 61.4 cm³/mol. The molecule has 1 aromatic rings. The largest absolute Gasteiger partial charge is 0.390 e. The Morgan fingerprint density at radius 3 is 2.62 bits per heavy atom. The first-order valence-corrected chi connectivity index (χ1v) is 5.30. The summed E-state index contributed by atoms with van der Waals surface area (Å²) in [5, 5.41) is 7.49.